The molecule has 5 nitrogen and oxygen atoms in total. The quantitative estimate of drug-likeness (QED) is 0.779. The highest BCUT2D eigenvalue weighted by Gasteiger charge is 2.16. The predicted octanol–water partition coefficient (Wildman–Crippen LogP) is 2.24. The van der Waals surface area contributed by atoms with Crippen LogP contribution in [-0.4, -0.2) is 23.0 Å². The summed E-state index contributed by atoms with van der Waals surface area (Å²) in [6.45, 7) is 5.29. The van der Waals surface area contributed by atoms with Gasteiger partial charge in [0.25, 0.3) is 0 Å². The van der Waals surface area contributed by atoms with Crippen molar-refractivity contribution in [1.29, 1.82) is 0 Å². The van der Waals surface area contributed by atoms with E-state index in [0.717, 1.165) is 0 Å². The second-order valence-electron chi connectivity index (χ2n) is 4.21. The smallest absolute Gasteiger partial charge is 0.412 e. The summed E-state index contributed by atoms with van der Waals surface area (Å²) in [5.74, 6) is 0. The topological polar surface area (TPSA) is 68.3 Å². The number of aromatic nitrogens is 1. The number of pyridine rings is 1. The Kier molecular flexibility index (Phi) is 3.60. The van der Waals surface area contributed by atoms with E-state index < -0.39 is 11.7 Å². The lowest BCUT2D eigenvalue weighted by atomic mass is 10.2. The average Bonchev–Trinajstić information content (AvgIpc) is 2.15. The van der Waals surface area contributed by atoms with Crippen LogP contribution in [0.25, 0.3) is 0 Å². The van der Waals surface area contributed by atoms with Crippen molar-refractivity contribution in [2.24, 2.45) is 0 Å². The summed E-state index contributed by atoms with van der Waals surface area (Å²) in [5.41, 5.74) is 0.131. The number of carbonyl (C=O) groups is 2. The minimum absolute atomic E-state index is 0.313. The van der Waals surface area contributed by atoms with Crippen LogP contribution >= 0.6 is 0 Å². The van der Waals surface area contributed by atoms with E-state index in [4.69, 9.17) is 4.74 Å². The van der Waals surface area contributed by atoms with Crippen molar-refractivity contribution >= 4 is 18.1 Å². The molecule has 0 aromatic carbocycles. The van der Waals surface area contributed by atoms with E-state index in [0.29, 0.717) is 17.5 Å². The van der Waals surface area contributed by atoms with Crippen molar-refractivity contribution in [2.45, 2.75) is 26.4 Å². The van der Waals surface area contributed by atoms with Gasteiger partial charge < -0.3 is 4.74 Å². The molecule has 1 aromatic heterocycles. The summed E-state index contributed by atoms with van der Waals surface area (Å²) in [6.07, 6.45) is 2.89. The van der Waals surface area contributed by atoms with Crippen molar-refractivity contribution in [3.8, 4) is 0 Å². The summed E-state index contributed by atoms with van der Waals surface area (Å²) in [7, 11) is 0. The number of anilines is 1. The first kappa shape index (κ1) is 12.2. The molecule has 0 atom stereocenters. The average molecular weight is 222 g/mol. The van der Waals surface area contributed by atoms with Gasteiger partial charge in [0.15, 0.2) is 6.29 Å². The van der Waals surface area contributed by atoms with Crippen molar-refractivity contribution in [1.82, 2.24) is 4.98 Å². The SMILES string of the molecule is CC(C)(C)OC(=O)Nc1ccncc1C=O. The molecule has 0 aliphatic heterocycles. The van der Waals surface area contributed by atoms with Gasteiger partial charge in [-0.05, 0) is 26.8 Å². The third-order valence-corrected chi connectivity index (χ3v) is 1.61. The summed E-state index contributed by atoms with van der Waals surface area (Å²) in [5, 5.41) is 2.49. The third-order valence-electron chi connectivity index (χ3n) is 1.61. The molecule has 0 aliphatic rings. The number of aldehydes is 1. The molecule has 0 aliphatic carbocycles. The Hall–Kier alpha value is -1.91. The number of nitrogens with zero attached hydrogens (tertiary/aromatic N) is 1. The van der Waals surface area contributed by atoms with E-state index >= 15 is 0 Å². The zero-order valence-corrected chi connectivity index (χ0v) is 9.48. The van der Waals surface area contributed by atoms with E-state index in [-0.39, 0.29) is 0 Å². The number of ether oxygens (including phenoxy) is 1. The standard InChI is InChI=1S/C11H14N2O3/c1-11(2,3)16-10(15)13-9-4-5-12-6-8(9)7-14/h4-7H,1-3H3,(H,12,13,15). The van der Waals surface area contributed by atoms with E-state index in [2.05, 4.69) is 10.3 Å². The summed E-state index contributed by atoms with van der Waals surface area (Å²) in [6, 6.07) is 1.54. The monoisotopic (exact) mass is 222 g/mol. The highest BCUT2D eigenvalue weighted by Crippen LogP contribution is 2.13. The predicted molar refractivity (Wildman–Crippen MR) is 59.5 cm³/mol. The van der Waals surface area contributed by atoms with E-state index in [9.17, 15) is 9.59 Å². The molecule has 0 radical (unpaired) electrons. The second kappa shape index (κ2) is 4.74. The Morgan fingerprint density at radius 1 is 1.50 bits per heavy atom. The van der Waals surface area contributed by atoms with Crippen LogP contribution in [0.2, 0.25) is 0 Å². The van der Waals surface area contributed by atoms with Crippen LogP contribution in [0.5, 0.6) is 0 Å². The van der Waals surface area contributed by atoms with Crippen LogP contribution in [-0.2, 0) is 4.74 Å². The maximum Gasteiger partial charge on any atom is 0.412 e. The molecular weight excluding hydrogens is 208 g/mol. The normalized spacial score (nSPS) is 10.7. The lowest BCUT2D eigenvalue weighted by Crippen LogP contribution is -2.27. The van der Waals surface area contributed by atoms with Gasteiger partial charge in [0, 0.05) is 12.4 Å². The molecular formula is C11H14N2O3. The fourth-order valence-corrected chi connectivity index (χ4v) is 1.03. The highest BCUT2D eigenvalue weighted by atomic mass is 16.6. The number of nitrogens with one attached hydrogen (secondary N) is 1. The third kappa shape index (κ3) is 3.68. The van der Waals surface area contributed by atoms with Gasteiger partial charge in [-0.3, -0.25) is 15.1 Å². The van der Waals surface area contributed by atoms with Crippen LogP contribution < -0.4 is 5.32 Å². The summed E-state index contributed by atoms with van der Waals surface area (Å²) < 4.78 is 5.05. The van der Waals surface area contributed by atoms with Crippen LogP contribution in [0, 0.1) is 0 Å². The number of hydrogen-bond acceptors (Lipinski definition) is 4. The van der Waals surface area contributed by atoms with E-state index in [1.54, 1.807) is 20.8 Å². The number of amides is 1. The van der Waals surface area contributed by atoms with Crippen molar-refractivity contribution < 1.29 is 14.3 Å². The largest absolute Gasteiger partial charge is 0.444 e. The Morgan fingerprint density at radius 2 is 2.19 bits per heavy atom. The molecule has 86 valence electrons. The first-order valence-corrected chi connectivity index (χ1v) is 4.81. The lowest BCUT2D eigenvalue weighted by Gasteiger charge is -2.19. The molecule has 0 spiro atoms. The Morgan fingerprint density at radius 3 is 2.75 bits per heavy atom. The van der Waals surface area contributed by atoms with Crippen LogP contribution in [0.1, 0.15) is 31.1 Å². The first-order chi connectivity index (χ1) is 7.42. The van der Waals surface area contributed by atoms with Gasteiger partial charge in [-0.1, -0.05) is 0 Å². The molecule has 0 saturated heterocycles. The van der Waals surface area contributed by atoms with Crippen molar-refractivity contribution in [2.75, 3.05) is 5.32 Å². The molecule has 0 saturated carbocycles. The first-order valence-electron chi connectivity index (χ1n) is 4.81. The maximum atomic E-state index is 11.4. The molecule has 0 unspecified atom stereocenters. The van der Waals surface area contributed by atoms with Gasteiger partial charge in [-0.25, -0.2) is 4.79 Å². The number of rotatable bonds is 2. The molecule has 5 heteroatoms. The molecule has 0 bridgehead atoms. The van der Waals surface area contributed by atoms with Gasteiger partial charge in [-0.15, -0.1) is 0 Å². The molecule has 1 amide bonds. The molecule has 1 rings (SSSR count). The fourth-order valence-electron chi connectivity index (χ4n) is 1.03. The summed E-state index contributed by atoms with van der Waals surface area (Å²) >= 11 is 0. The second-order valence-corrected chi connectivity index (χ2v) is 4.21. The Balaban J connectivity index is 2.73. The minimum atomic E-state index is -0.596. The lowest BCUT2D eigenvalue weighted by molar-refractivity contribution is 0.0636. The van der Waals surface area contributed by atoms with Crippen LogP contribution in [0.4, 0.5) is 10.5 Å². The van der Waals surface area contributed by atoms with Crippen LogP contribution in [0.3, 0.4) is 0 Å². The van der Waals surface area contributed by atoms with Gasteiger partial charge in [0.2, 0.25) is 0 Å². The minimum Gasteiger partial charge on any atom is -0.444 e. The van der Waals surface area contributed by atoms with Crippen LogP contribution in [0.15, 0.2) is 18.5 Å². The Bertz CT molecular complexity index is 396. The van der Waals surface area contributed by atoms with Gasteiger partial charge in [0.1, 0.15) is 5.60 Å². The molecule has 1 aromatic rings. The zero-order valence-electron chi connectivity index (χ0n) is 9.48. The fraction of sp³-hybridized carbons (Fsp3) is 0.364. The highest BCUT2D eigenvalue weighted by molar-refractivity contribution is 5.92. The molecule has 1 N–H and O–H groups in total. The van der Waals surface area contributed by atoms with Crippen molar-refractivity contribution in [3.05, 3.63) is 24.0 Å². The van der Waals surface area contributed by atoms with Gasteiger partial charge >= 0.3 is 6.09 Å². The number of hydrogen-bond donors (Lipinski definition) is 1. The summed E-state index contributed by atoms with van der Waals surface area (Å²) in [4.78, 5) is 25.9. The van der Waals surface area contributed by atoms with E-state index in [1.807, 2.05) is 0 Å². The zero-order chi connectivity index (χ0) is 12.2. The van der Waals surface area contributed by atoms with Gasteiger partial charge in [-0.2, -0.15) is 0 Å². The molecule has 1 heterocycles. The molecule has 0 fully saturated rings. The Labute approximate surface area is 93.8 Å². The molecule has 16 heavy (non-hydrogen) atoms. The van der Waals surface area contributed by atoms with Crippen molar-refractivity contribution in [3.63, 3.8) is 0 Å². The maximum absolute atomic E-state index is 11.4. The van der Waals surface area contributed by atoms with Gasteiger partial charge in [0.05, 0.1) is 11.3 Å². The van der Waals surface area contributed by atoms with E-state index in [1.165, 1.54) is 18.5 Å². The number of carbonyl (C=O) groups excluding carboxylic acids is 2.